The fourth-order valence-corrected chi connectivity index (χ4v) is 2.54. The fraction of sp³-hybridized carbons (Fsp3) is 0.929. The van der Waals surface area contributed by atoms with E-state index in [2.05, 4.69) is 31.4 Å². The Morgan fingerprint density at radius 3 is 2.59 bits per heavy atom. The van der Waals surface area contributed by atoms with Crippen LogP contribution in [0.3, 0.4) is 0 Å². The van der Waals surface area contributed by atoms with Gasteiger partial charge in [0.25, 0.3) is 0 Å². The molecule has 17 heavy (non-hydrogen) atoms. The maximum absolute atomic E-state index is 11.8. The molecular weight excluding hydrogens is 212 g/mol. The van der Waals surface area contributed by atoms with E-state index in [-0.39, 0.29) is 11.9 Å². The standard InChI is InChI=1S/C14H28N2O/c1-5-6-9-15-14(17)12(4)16-13-8-7-10(2)11(13)3/h10-13,16H,5-9H2,1-4H3,(H,15,17). The summed E-state index contributed by atoms with van der Waals surface area (Å²) in [5.74, 6) is 1.61. The highest BCUT2D eigenvalue weighted by Crippen LogP contribution is 2.31. The molecule has 0 aliphatic heterocycles. The van der Waals surface area contributed by atoms with Crippen LogP contribution in [0, 0.1) is 11.8 Å². The largest absolute Gasteiger partial charge is 0.355 e. The molecule has 1 fully saturated rings. The van der Waals surface area contributed by atoms with Crippen LogP contribution < -0.4 is 10.6 Å². The first kappa shape index (κ1) is 14.5. The Bertz CT molecular complexity index is 242. The van der Waals surface area contributed by atoms with Crippen molar-refractivity contribution in [3.8, 4) is 0 Å². The average Bonchev–Trinajstić information content (AvgIpc) is 2.61. The molecule has 3 nitrogen and oxygen atoms in total. The van der Waals surface area contributed by atoms with E-state index in [1.54, 1.807) is 0 Å². The van der Waals surface area contributed by atoms with E-state index in [1.165, 1.54) is 12.8 Å². The Kier molecular flexibility index (Phi) is 5.96. The van der Waals surface area contributed by atoms with Crippen LogP contribution in [-0.4, -0.2) is 24.5 Å². The Morgan fingerprint density at radius 2 is 2.06 bits per heavy atom. The SMILES string of the molecule is CCCCNC(=O)C(C)NC1CCC(C)C1C. The van der Waals surface area contributed by atoms with Gasteiger partial charge < -0.3 is 10.6 Å². The summed E-state index contributed by atoms with van der Waals surface area (Å²) in [7, 11) is 0. The maximum Gasteiger partial charge on any atom is 0.236 e. The van der Waals surface area contributed by atoms with Crippen LogP contribution >= 0.6 is 0 Å². The summed E-state index contributed by atoms with van der Waals surface area (Å²) < 4.78 is 0. The third kappa shape index (κ3) is 4.30. The van der Waals surface area contributed by atoms with Crippen molar-refractivity contribution in [2.75, 3.05) is 6.54 Å². The molecule has 1 aliphatic rings. The lowest BCUT2D eigenvalue weighted by molar-refractivity contribution is -0.123. The zero-order chi connectivity index (χ0) is 12.8. The van der Waals surface area contributed by atoms with Gasteiger partial charge in [0.2, 0.25) is 5.91 Å². The van der Waals surface area contributed by atoms with E-state index >= 15 is 0 Å². The van der Waals surface area contributed by atoms with Crippen LogP contribution in [0.25, 0.3) is 0 Å². The second kappa shape index (κ2) is 7.00. The molecule has 4 unspecified atom stereocenters. The lowest BCUT2D eigenvalue weighted by atomic mass is 9.97. The van der Waals surface area contributed by atoms with Gasteiger partial charge in [0.15, 0.2) is 0 Å². The van der Waals surface area contributed by atoms with E-state index < -0.39 is 0 Å². The van der Waals surface area contributed by atoms with Gasteiger partial charge in [-0.1, -0.05) is 27.2 Å². The zero-order valence-corrected chi connectivity index (χ0v) is 11.8. The van der Waals surface area contributed by atoms with Gasteiger partial charge in [-0.3, -0.25) is 4.79 Å². The topological polar surface area (TPSA) is 41.1 Å². The summed E-state index contributed by atoms with van der Waals surface area (Å²) in [4.78, 5) is 11.8. The smallest absolute Gasteiger partial charge is 0.236 e. The Labute approximate surface area is 106 Å². The predicted octanol–water partition coefficient (Wildman–Crippen LogP) is 2.32. The number of amides is 1. The molecule has 2 N–H and O–H groups in total. The van der Waals surface area contributed by atoms with Crippen molar-refractivity contribution in [3.63, 3.8) is 0 Å². The third-order valence-electron chi connectivity index (χ3n) is 4.15. The molecule has 4 atom stereocenters. The molecule has 3 heteroatoms. The van der Waals surface area contributed by atoms with Gasteiger partial charge in [0.1, 0.15) is 0 Å². The van der Waals surface area contributed by atoms with Crippen molar-refractivity contribution in [2.24, 2.45) is 11.8 Å². The summed E-state index contributed by atoms with van der Waals surface area (Å²) in [6.45, 7) is 9.50. The van der Waals surface area contributed by atoms with Crippen molar-refractivity contribution in [1.29, 1.82) is 0 Å². The summed E-state index contributed by atoms with van der Waals surface area (Å²) >= 11 is 0. The molecule has 1 saturated carbocycles. The molecule has 1 aliphatic carbocycles. The molecule has 1 amide bonds. The van der Waals surface area contributed by atoms with E-state index in [0.717, 1.165) is 25.3 Å². The fourth-order valence-electron chi connectivity index (χ4n) is 2.54. The third-order valence-corrected chi connectivity index (χ3v) is 4.15. The van der Waals surface area contributed by atoms with Crippen LogP contribution in [0.5, 0.6) is 0 Å². The van der Waals surface area contributed by atoms with Crippen LogP contribution in [0.15, 0.2) is 0 Å². The number of unbranched alkanes of at least 4 members (excludes halogenated alkanes) is 1. The second-order valence-corrected chi connectivity index (χ2v) is 5.55. The maximum atomic E-state index is 11.8. The van der Waals surface area contributed by atoms with Gasteiger partial charge in [0.05, 0.1) is 6.04 Å². The number of carbonyl (C=O) groups excluding carboxylic acids is 1. The van der Waals surface area contributed by atoms with Crippen molar-refractivity contribution in [1.82, 2.24) is 10.6 Å². The molecule has 0 aromatic rings. The van der Waals surface area contributed by atoms with Gasteiger partial charge in [-0.15, -0.1) is 0 Å². The van der Waals surface area contributed by atoms with Gasteiger partial charge in [-0.25, -0.2) is 0 Å². The highest BCUT2D eigenvalue weighted by molar-refractivity contribution is 5.81. The number of carbonyl (C=O) groups is 1. The van der Waals surface area contributed by atoms with Crippen molar-refractivity contribution in [3.05, 3.63) is 0 Å². The van der Waals surface area contributed by atoms with Crippen LogP contribution in [0.4, 0.5) is 0 Å². The predicted molar refractivity (Wildman–Crippen MR) is 71.9 cm³/mol. The quantitative estimate of drug-likeness (QED) is 0.700. The van der Waals surface area contributed by atoms with Crippen LogP contribution in [0.1, 0.15) is 53.4 Å². The molecular formula is C14H28N2O. The van der Waals surface area contributed by atoms with Gasteiger partial charge >= 0.3 is 0 Å². The summed E-state index contributed by atoms with van der Waals surface area (Å²) in [5.41, 5.74) is 0. The second-order valence-electron chi connectivity index (χ2n) is 5.55. The van der Waals surface area contributed by atoms with Gasteiger partial charge in [-0.2, -0.15) is 0 Å². The van der Waals surface area contributed by atoms with Gasteiger partial charge in [0, 0.05) is 12.6 Å². The molecule has 0 spiro atoms. The Balaban J connectivity index is 2.28. The number of rotatable bonds is 6. The molecule has 0 radical (unpaired) electrons. The minimum absolute atomic E-state index is 0.0652. The zero-order valence-electron chi connectivity index (χ0n) is 11.8. The number of hydrogen-bond acceptors (Lipinski definition) is 2. The average molecular weight is 240 g/mol. The highest BCUT2D eigenvalue weighted by atomic mass is 16.2. The van der Waals surface area contributed by atoms with Crippen LogP contribution in [-0.2, 0) is 4.79 Å². The molecule has 0 saturated heterocycles. The minimum atomic E-state index is -0.0652. The van der Waals surface area contributed by atoms with E-state index in [4.69, 9.17) is 0 Å². The number of hydrogen-bond donors (Lipinski definition) is 2. The van der Waals surface area contributed by atoms with Gasteiger partial charge in [-0.05, 0) is 38.0 Å². The molecule has 0 aromatic carbocycles. The number of nitrogens with one attached hydrogen (secondary N) is 2. The summed E-state index contributed by atoms with van der Waals surface area (Å²) in [6, 6.07) is 0.446. The Morgan fingerprint density at radius 1 is 1.35 bits per heavy atom. The lowest BCUT2D eigenvalue weighted by Gasteiger charge is -2.23. The van der Waals surface area contributed by atoms with Crippen molar-refractivity contribution in [2.45, 2.75) is 65.5 Å². The minimum Gasteiger partial charge on any atom is -0.355 e. The molecule has 1 rings (SSSR count). The van der Waals surface area contributed by atoms with Crippen LogP contribution in [0.2, 0.25) is 0 Å². The normalized spacial score (nSPS) is 30.2. The van der Waals surface area contributed by atoms with E-state index in [9.17, 15) is 4.79 Å². The lowest BCUT2D eigenvalue weighted by Crippen LogP contribution is -2.47. The molecule has 100 valence electrons. The summed E-state index contributed by atoms with van der Waals surface area (Å²) in [6.07, 6.45) is 4.67. The van der Waals surface area contributed by atoms with E-state index in [0.29, 0.717) is 12.0 Å². The van der Waals surface area contributed by atoms with Crippen molar-refractivity contribution >= 4 is 5.91 Å². The van der Waals surface area contributed by atoms with E-state index in [1.807, 2.05) is 6.92 Å². The first-order valence-corrected chi connectivity index (χ1v) is 7.10. The molecule has 0 bridgehead atoms. The molecule has 0 heterocycles. The first-order valence-electron chi connectivity index (χ1n) is 7.10. The summed E-state index contributed by atoms with van der Waals surface area (Å²) in [5, 5.41) is 6.46. The molecule has 0 aromatic heterocycles. The highest BCUT2D eigenvalue weighted by Gasteiger charge is 2.31. The monoisotopic (exact) mass is 240 g/mol. The Hall–Kier alpha value is -0.570. The first-order chi connectivity index (χ1) is 8.06. The van der Waals surface area contributed by atoms with Crippen molar-refractivity contribution < 1.29 is 4.79 Å².